The fourth-order valence-electron chi connectivity index (χ4n) is 3.23. The highest BCUT2D eigenvalue weighted by Crippen LogP contribution is 2.52. The molecule has 3 aliphatic rings. The van der Waals surface area contributed by atoms with E-state index in [1.807, 2.05) is 0 Å². The molecule has 0 amide bonds. The Morgan fingerprint density at radius 3 is 2.29 bits per heavy atom. The molecule has 0 heterocycles. The van der Waals surface area contributed by atoms with Gasteiger partial charge in [0.25, 0.3) is 0 Å². The molecular formula is C12H20ClN. The molecule has 0 radical (unpaired) electrons. The van der Waals surface area contributed by atoms with Crippen LogP contribution in [-0.2, 0) is 0 Å². The van der Waals surface area contributed by atoms with Crippen molar-refractivity contribution in [3.05, 3.63) is 0 Å². The van der Waals surface area contributed by atoms with E-state index in [2.05, 4.69) is 12.2 Å². The third-order valence-corrected chi connectivity index (χ3v) is 5.31. The summed E-state index contributed by atoms with van der Waals surface area (Å²) in [6.45, 7) is 2.27. The molecule has 0 aromatic rings. The van der Waals surface area contributed by atoms with Crippen LogP contribution in [-0.4, -0.2) is 17.0 Å². The monoisotopic (exact) mass is 213 g/mol. The highest BCUT2D eigenvalue weighted by Gasteiger charge is 2.54. The summed E-state index contributed by atoms with van der Waals surface area (Å²) in [5.41, 5.74) is 0. The molecule has 0 spiro atoms. The number of hydrogen-bond acceptors (Lipinski definition) is 1. The van der Waals surface area contributed by atoms with Gasteiger partial charge in [-0.25, -0.2) is 0 Å². The summed E-state index contributed by atoms with van der Waals surface area (Å²) >= 11 is 6.40. The second-order valence-electron chi connectivity index (χ2n) is 5.56. The Labute approximate surface area is 91.6 Å². The zero-order chi connectivity index (χ0) is 9.76. The van der Waals surface area contributed by atoms with Crippen molar-refractivity contribution in [3.8, 4) is 0 Å². The average Bonchev–Trinajstić information content (AvgIpc) is 3.06. The molecule has 3 aliphatic carbocycles. The number of rotatable bonds is 3. The summed E-state index contributed by atoms with van der Waals surface area (Å²) in [6.07, 6.45) is 8.27. The minimum absolute atomic E-state index is 0.131. The van der Waals surface area contributed by atoms with E-state index in [9.17, 15) is 0 Å². The van der Waals surface area contributed by atoms with E-state index in [0.717, 1.165) is 17.9 Å². The van der Waals surface area contributed by atoms with E-state index >= 15 is 0 Å². The molecule has 2 heteroatoms. The zero-order valence-corrected chi connectivity index (χ0v) is 9.69. The summed E-state index contributed by atoms with van der Waals surface area (Å²) in [5.74, 6) is 2.01. The van der Waals surface area contributed by atoms with Crippen molar-refractivity contribution in [1.82, 2.24) is 5.32 Å². The Bertz CT molecular complexity index is 224. The van der Waals surface area contributed by atoms with Gasteiger partial charge in [-0.1, -0.05) is 12.8 Å². The molecule has 0 aromatic heterocycles. The Balaban J connectivity index is 1.54. The predicted molar refractivity (Wildman–Crippen MR) is 59.7 cm³/mol. The van der Waals surface area contributed by atoms with Crippen molar-refractivity contribution < 1.29 is 0 Å². The number of hydrogen-bond donors (Lipinski definition) is 1. The topological polar surface area (TPSA) is 12.0 Å². The second kappa shape index (κ2) is 3.12. The van der Waals surface area contributed by atoms with Crippen molar-refractivity contribution in [3.63, 3.8) is 0 Å². The first-order chi connectivity index (χ1) is 6.71. The van der Waals surface area contributed by atoms with Gasteiger partial charge in [0.2, 0.25) is 0 Å². The van der Waals surface area contributed by atoms with Crippen LogP contribution in [0.25, 0.3) is 0 Å². The second-order valence-corrected chi connectivity index (χ2v) is 6.31. The molecule has 3 atom stereocenters. The van der Waals surface area contributed by atoms with Crippen LogP contribution in [0.3, 0.4) is 0 Å². The Morgan fingerprint density at radius 2 is 1.79 bits per heavy atom. The molecule has 3 rings (SSSR count). The van der Waals surface area contributed by atoms with Gasteiger partial charge in [-0.3, -0.25) is 0 Å². The van der Waals surface area contributed by atoms with Crippen LogP contribution in [0.2, 0.25) is 0 Å². The smallest absolute Gasteiger partial charge is 0.0598 e. The fourth-order valence-corrected chi connectivity index (χ4v) is 3.39. The van der Waals surface area contributed by atoms with E-state index in [0.29, 0.717) is 6.04 Å². The van der Waals surface area contributed by atoms with E-state index in [-0.39, 0.29) is 4.87 Å². The van der Waals surface area contributed by atoms with E-state index in [4.69, 9.17) is 11.6 Å². The normalized spacial score (nSPS) is 45.4. The van der Waals surface area contributed by atoms with Gasteiger partial charge in [0, 0.05) is 12.1 Å². The summed E-state index contributed by atoms with van der Waals surface area (Å²) in [6, 6.07) is 1.35. The van der Waals surface area contributed by atoms with Crippen LogP contribution < -0.4 is 5.32 Å². The lowest BCUT2D eigenvalue weighted by molar-refractivity contribution is 0.480. The lowest BCUT2D eigenvalue weighted by atomic mass is 10.0. The molecule has 80 valence electrons. The van der Waals surface area contributed by atoms with Crippen molar-refractivity contribution in [2.45, 2.75) is 62.4 Å². The third kappa shape index (κ3) is 1.49. The highest BCUT2D eigenvalue weighted by molar-refractivity contribution is 6.26. The maximum Gasteiger partial charge on any atom is 0.0598 e. The van der Waals surface area contributed by atoms with E-state index < -0.39 is 0 Å². The summed E-state index contributed by atoms with van der Waals surface area (Å²) in [4.78, 5) is 0.131. The summed E-state index contributed by atoms with van der Waals surface area (Å²) in [7, 11) is 0. The average molecular weight is 214 g/mol. The minimum Gasteiger partial charge on any atom is -0.309 e. The lowest BCUT2D eigenvalue weighted by Gasteiger charge is -2.18. The standard InChI is InChI=1S/C12H20ClN/c1-8(12(13)6-7-12)14-11-9-4-2-3-5-10(9)11/h8-11,14H,2-7H2,1H3. The van der Waals surface area contributed by atoms with Crippen molar-refractivity contribution >= 4 is 11.6 Å². The van der Waals surface area contributed by atoms with Crippen LogP contribution in [0, 0.1) is 11.8 Å². The highest BCUT2D eigenvalue weighted by atomic mass is 35.5. The van der Waals surface area contributed by atoms with Crippen LogP contribution in [0.4, 0.5) is 0 Å². The predicted octanol–water partition coefficient (Wildman–Crippen LogP) is 2.92. The molecule has 1 nitrogen and oxygen atoms in total. The fraction of sp³-hybridized carbons (Fsp3) is 1.00. The lowest BCUT2D eigenvalue weighted by Crippen LogP contribution is -2.38. The first-order valence-corrected chi connectivity index (χ1v) is 6.53. The van der Waals surface area contributed by atoms with Gasteiger partial charge in [-0.05, 0) is 44.4 Å². The maximum atomic E-state index is 6.40. The van der Waals surface area contributed by atoms with Crippen molar-refractivity contribution in [2.24, 2.45) is 11.8 Å². The summed E-state index contributed by atoms with van der Waals surface area (Å²) in [5, 5.41) is 3.77. The molecule has 0 bridgehead atoms. The molecule has 1 N–H and O–H groups in total. The van der Waals surface area contributed by atoms with E-state index in [1.165, 1.54) is 38.5 Å². The van der Waals surface area contributed by atoms with Gasteiger partial charge >= 0.3 is 0 Å². The SMILES string of the molecule is CC(NC1C2CCCCC21)C1(Cl)CC1. The quantitative estimate of drug-likeness (QED) is 0.711. The van der Waals surface area contributed by atoms with Gasteiger partial charge in [-0.2, -0.15) is 0 Å². The Morgan fingerprint density at radius 1 is 1.21 bits per heavy atom. The summed E-state index contributed by atoms with van der Waals surface area (Å²) < 4.78 is 0. The molecule has 0 aliphatic heterocycles. The number of alkyl halides is 1. The Hall–Kier alpha value is 0.250. The van der Waals surface area contributed by atoms with Crippen molar-refractivity contribution in [1.29, 1.82) is 0 Å². The van der Waals surface area contributed by atoms with Gasteiger partial charge in [-0.15, -0.1) is 11.6 Å². The van der Waals surface area contributed by atoms with Crippen LogP contribution >= 0.6 is 11.6 Å². The number of nitrogens with one attached hydrogen (secondary N) is 1. The largest absolute Gasteiger partial charge is 0.309 e. The van der Waals surface area contributed by atoms with Crippen molar-refractivity contribution in [2.75, 3.05) is 0 Å². The molecule has 3 fully saturated rings. The first kappa shape index (κ1) is 9.47. The number of halogens is 1. The molecule has 3 unspecified atom stereocenters. The van der Waals surface area contributed by atoms with E-state index in [1.54, 1.807) is 0 Å². The van der Waals surface area contributed by atoms with Crippen LogP contribution in [0.5, 0.6) is 0 Å². The van der Waals surface area contributed by atoms with Gasteiger partial charge in [0.05, 0.1) is 4.87 Å². The zero-order valence-electron chi connectivity index (χ0n) is 8.93. The molecular weight excluding hydrogens is 194 g/mol. The molecule has 0 aromatic carbocycles. The number of fused-ring (bicyclic) bond motifs is 1. The van der Waals surface area contributed by atoms with Gasteiger partial charge < -0.3 is 5.32 Å². The molecule has 0 saturated heterocycles. The molecule has 3 saturated carbocycles. The Kier molecular flexibility index (Phi) is 2.11. The van der Waals surface area contributed by atoms with Crippen LogP contribution in [0.1, 0.15) is 45.4 Å². The first-order valence-electron chi connectivity index (χ1n) is 6.16. The minimum atomic E-state index is 0.131. The third-order valence-electron chi connectivity index (χ3n) is 4.60. The molecule has 14 heavy (non-hydrogen) atoms. The van der Waals surface area contributed by atoms with Gasteiger partial charge in [0.1, 0.15) is 0 Å². The van der Waals surface area contributed by atoms with Crippen LogP contribution in [0.15, 0.2) is 0 Å². The maximum absolute atomic E-state index is 6.40. The van der Waals surface area contributed by atoms with Gasteiger partial charge in [0.15, 0.2) is 0 Å².